The van der Waals surface area contributed by atoms with Crippen molar-refractivity contribution in [3.05, 3.63) is 11.5 Å². The summed E-state index contributed by atoms with van der Waals surface area (Å²) >= 11 is 0. The van der Waals surface area contributed by atoms with Crippen molar-refractivity contribution in [3.63, 3.8) is 0 Å². The van der Waals surface area contributed by atoms with Gasteiger partial charge in [0.05, 0.1) is 33.4 Å². The van der Waals surface area contributed by atoms with Gasteiger partial charge in [-0.25, -0.2) is 9.97 Å². The fourth-order valence-corrected chi connectivity index (χ4v) is 5.28. The maximum atomic E-state index is 13.0. The van der Waals surface area contributed by atoms with Crippen LogP contribution in [0, 0.1) is 0 Å². The lowest BCUT2D eigenvalue weighted by molar-refractivity contribution is 0.143. The highest BCUT2D eigenvalue weighted by molar-refractivity contribution is 7.87. The second-order valence-electron chi connectivity index (χ2n) is 8.47. The van der Waals surface area contributed by atoms with Crippen molar-refractivity contribution in [1.29, 1.82) is 0 Å². The molecule has 5 nitrogen and oxygen atoms in total. The van der Waals surface area contributed by atoms with Gasteiger partial charge in [-0.15, -0.1) is 0 Å². The first kappa shape index (κ1) is 15.5. The van der Waals surface area contributed by atoms with Crippen LogP contribution in [0.15, 0.2) is 4.90 Å². The Balaban J connectivity index is 1.80. The second-order valence-corrected chi connectivity index (χ2v) is 10.3. The summed E-state index contributed by atoms with van der Waals surface area (Å²) < 4.78 is 12.9. The predicted octanol–water partition coefficient (Wildman–Crippen LogP) is 2.30. The molecule has 1 aromatic heterocycles. The average molecular weight is 335 g/mol. The molecule has 0 amide bonds. The second kappa shape index (κ2) is 4.76. The van der Waals surface area contributed by atoms with Gasteiger partial charge in [-0.2, -0.15) is 0 Å². The zero-order valence-corrected chi connectivity index (χ0v) is 14.9. The van der Waals surface area contributed by atoms with E-state index in [1.807, 2.05) is 0 Å². The van der Waals surface area contributed by atoms with E-state index in [-0.39, 0.29) is 22.3 Å². The molecular weight excluding hydrogens is 310 g/mol. The molecule has 3 aliphatic rings. The lowest BCUT2D eigenvalue weighted by Crippen LogP contribution is -2.49. The number of aliphatic hydroxyl groups excluding tert-OH is 1. The highest BCUT2D eigenvalue weighted by atomic mass is 32.2. The number of rotatable bonds is 3. The van der Waals surface area contributed by atoms with Gasteiger partial charge in [0.1, 0.15) is 16.5 Å². The van der Waals surface area contributed by atoms with Crippen molar-refractivity contribution in [2.45, 2.75) is 79.9 Å². The van der Waals surface area contributed by atoms with Gasteiger partial charge < -0.3 is 10.4 Å². The van der Waals surface area contributed by atoms with Crippen molar-refractivity contribution in [2.75, 3.05) is 11.9 Å². The van der Waals surface area contributed by atoms with Crippen LogP contribution in [-0.2, 0) is 22.6 Å². The van der Waals surface area contributed by atoms with Crippen LogP contribution in [0.2, 0.25) is 0 Å². The number of nitrogens with zero attached hydrogens (tertiary/aromatic N) is 2. The third-order valence-electron chi connectivity index (χ3n) is 5.48. The van der Waals surface area contributed by atoms with E-state index in [0.717, 1.165) is 54.9 Å². The minimum Gasteiger partial charge on any atom is -0.394 e. The summed E-state index contributed by atoms with van der Waals surface area (Å²) in [5, 5.41) is 13.2. The van der Waals surface area contributed by atoms with Gasteiger partial charge >= 0.3 is 0 Å². The Hall–Kier alpha value is -1.01. The summed E-state index contributed by atoms with van der Waals surface area (Å²) in [6.45, 7) is 6.39. The molecule has 2 heterocycles. The van der Waals surface area contributed by atoms with Crippen LogP contribution in [-0.4, -0.2) is 36.2 Å². The number of hydrogen-bond donors (Lipinski definition) is 2. The Morgan fingerprint density at radius 1 is 1.22 bits per heavy atom. The lowest BCUT2D eigenvalue weighted by Gasteiger charge is -2.41. The van der Waals surface area contributed by atoms with Crippen molar-refractivity contribution in [2.24, 2.45) is 0 Å². The van der Waals surface area contributed by atoms with E-state index in [9.17, 15) is 9.32 Å². The van der Waals surface area contributed by atoms with Gasteiger partial charge in [0, 0.05) is 11.8 Å². The van der Waals surface area contributed by atoms with Crippen LogP contribution in [0.25, 0.3) is 0 Å². The zero-order chi connectivity index (χ0) is 16.5. The smallest absolute Gasteiger partial charge is 0.146 e. The summed E-state index contributed by atoms with van der Waals surface area (Å²) in [7, 11) is -1.03. The summed E-state index contributed by atoms with van der Waals surface area (Å²) in [5.41, 5.74) is 0.509. The Labute approximate surface area is 139 Å². The molecule has 1 spiro atoms. The number of aromatic nitrogens is 2. The van der Waals surface area contributed by atoms with Crippen molar-refractivity contribution < 1.29 is 9.32 Å². The van der Waals surface area contributed by atoms with Crippen LogP contribution in [0.5, 0.6) is 0 Å². The molecule has 0 saturated heterocycles. The number of anilines is 1. The van der Waals surface area contributed by atoms with E-state index < -0.39 is 10.8 Å². The summed E-state index contributed by atoms with van der Waals surface area (Å²) in [6.07, 6.45) is 5.83. The van der Waals surface area contributed by atoms with E-state index >= 15 is 0 Å². The molecule has 0 bridgehead atoms. The molecule has 0 radical (unpaired) electrons. The van der Waals surface area contributed by atoms with Gasteiger partial charge in [-0.1, -0.05) is 20.8 Å². The lowest BCUT2D eigenvalue weighted by atomic mass is 9.77. The summed E-state index contributed by atoms with van der Waals surface area (Å²) in [4.78, 5) is 10.3. The topological polar surface area (TPSA) is 75.1 Å². The maximum absolute atomic E-state index is 13.0. The number of hydrogen-bond acceptors (Lipinski definition) is 5. The van der Waals surface area contributed by atoms with Gasteiger partial charge in [0.25, 0.3) is 0 Å². The molecule has 2 aliphatic carbocycles. The van der Waals surface area contributed by atoms with Crippen molar-refractivity contribution in [3.8, 4) is 0 Å². The first-order valence-corrected chi connectivity index (χ1v) is 9.66. The Morgan fingerprint density at radius 2 is 1.91 bits per heavy atom. The van der Waals surface area contributed by atoms with Crippen molar-refractivity contribution >= 4 is 16.6 Å². The van der Waals surface area contributed by atoms with Gasteiger partial charge in [0.15, 0.2) is 0 Å². The minimum atomic E-state index is -1.03. The molecular formula is C17H25N3O2S. The van der Waals surface area contributed by atoms with Crippen LogP contribution >= 0.6 is 0 Å². The molecule has 6 heteroatoms. The molecule has 2 fully saturated rings. The molecule has 1 unspecified atom stereocenters. The van der Waals surface area contributed by atoms with Crippen molar-refractivity contribution in [1.82, 2.24) is 9.97 Å². The quantitative estimate of drug-likeness (QED) is 0.886. The first-order valence-electron chi connectivity index (χ1n) is 8.51. The summed E-state index contributed by atoms with van der Waals surface area (Å²) in [6, 6.07) is 0. The van der Waals surface area contributed by atoms with Crippen LogP contribution in [0.1, 0.15) is 64.4 Å². The molecule has 2 saturated carbocycles. The summed E-state index contributed by atoms with van der Waals surface area (Å²) in [5.74, 6) is 1.50. The molecule has 0 aromatic carbocycles. The fourth-order valence-electron chi connectivity index (χ4n) is 3.50. The molecule has 4 rings (SSSR count). The van der Waals surface area contributed by atoms with Crippen LogP contribution in [0.3, 0.4) is 0 Å². The predicted molar refractivity (Wildman–Crippen MR) is 90.1 cm³/mol. The maximum Gasteiger partial charge on any atom is 0.146 e. The van der Waals surface area contributed by atoms with Crippen LogP contribution < -0.4 is 5.32 Å². The fraction of sp³-hybridized carbons (Fsp3) is 0.765. The monoisotopic (exact) mass is 335 g/mol. The van der Waals surface area contributed by atoms with Gasteiger partial charge in [-0.3, -0.25) is 4.21 Å². The molecule has 23 heavy (non-hydrogen) atoms. The largest absolute Gasteiger partial charge is 0.394 e. The minimum absolute atomic E-state index is 0.0735. The number of fused-ring (bicyclic) bond motifs is 1. The molecule has 1 aliphatic heterocycles. The van der Waals surface area contributed by atoms with E-state index in [4.69, 9.17) is 9.97 Å². The SMILES string of the molecule is CC(C)(C)c1nc2c(c(NC3(CO)CCC3)n1)S(=O)C1(CC1)C2. The number of aliphatic hydroxyl groups is 1. The molecule has 126 valence electrons. The molecule has 1 aromatic rings. The standard InChI is InChI=1S/C17H25N3O2S/c1-15(2,3)14-18-11-9-17(7-8-17)23(22)12(11)13(19-14)20-16(10-21)5-4-6-16/h21H,4-10H2,1-3H3,(H,18,19,20). The molecule has 1 atom stereocenters. The molecule has 2 N–H and O–H groups in total. The highest BCUT2D eigenvalue weighted by Crippen LogP contribution is 2.54. The van der Waals surface area contributed by atoms with Gasteiger partial charge in [-0.05, 0) is 32.1 Å². The van der Waals surface area contributed by atoms with E-state index in [0.29, 0.717) is 5.82 Å². The Kier molecular flexibility index (Phi) is 3.21. The third-order valence-corrected chi connectivity index (χ3v) is 7.62. The zero-order valence-electron chi connectivity index (χ0n) is 14.1. The van der Waals surface area contributed by atoms with E-state index in [1.54, 1.807) is 0 Å². The average Bonchev–Trinajstić information content (AvgIpc) is 3.15. The normalized spacial score (nSPS) is 26.7. The number of nitrogens with one attached hydrogen (secondary N) is 1. The van der Waals surface area contributed by atoms with Crippen LogP contribution in [0.4, 0.5) is 5.82 Å². The Morgan fingerprint density at radius 3 is 2.39 bits per heavy atom. The van der Waals surface area contributed by atoms with E-state index in [2.05, 4.69) is 26.1 Å². The first-order chi connectivity index (χ1) is 10.8. The highest BCUT2D eigenvalue weighted by Gasteiger charge is 2.56. The van der Waals surface area contributed by atoms with E-state index in [1.165, 1.54) is 0 Å². The third kappa shape index (κ3) is 2.33. The van der Waals surface area contributed by atoms with Gasteiger partial charge in [0.2, 0.25) is 0 Å². The Bertz CT molecular complexity index is 682.